The molecule has 0 aromatic heterocycles. The van der Waals surface area contributed by atoms with E-state index in [2.05, 4.69) is 14.4 Å². The van der Waals surface area contributed by atoms with Crippen molar-refractivity contribution < 1.29 is 23.6 Å². The standard InChI is InChI=1S/C3H9NO.C2H7O4P/c1-4-2-3-5;1-5-7(3,4)6-2/h4-5H,2-3H2,1H3;1-2H3,(H,3,4). The van der Waals surface area contributed by atoms with Gasteiger partial charge in [0.25, 0.3) is 0 Å². The fourth-order valence-corrected chi connectivity index (χ4v) is 0.335. The lowest BCUT2D eigenvalue weighted by atomic mass is 10.7. The molecule has 0 spiro atoms. The Bertz CT molecular complexity index is 121. The van der Waals surface area contributed by atoms with E-state index in [1.54, 1.807) is 7.05 Å². The van der Waals surface area contributed by atoms with Crippen molar-refractivity contribution >= 4 is 7.82 Å². The molecule has 0 unspecified atom stereocenters. The number of aliphatic hydroxyl groups excluding tert-OH is 1. The Hall–Kier alpha value is 0.0300. The summed E-state index contributed by atoms with van der Waals surface area (Å²) < 4.78 is 18.0. The lowest BCUT2D eigenvalue weighted by Crippen LogP contribution is -2.10. The first kappa shape index (κ1) is 14.5. The summed E-state index contributed by atoms with van der Waals surface area (Å²) in [5.41, 5.74) is 0. The third kappa shape index (κ3) is 12.7. The summed E-state index contributed by atoms with van der Waals surface area (Å²) >= 11 is 0. The van der Waals surface area contributed by atoms with Crippen molar-refractivity contribution in [1.29, 1.82) is 0 Å². The maximum absolute atomic E-state index is 10.1. The normalized spacial score (nSPS) is 10.4. The molecule has 7 heteroatoms. The minimum absolute atomic E-state index is 0.233. The molecule has 0 rings (SSSR count). The van der Waals surface area contributed by atoms with E-state index in [1.807, 2.05) is 0 Å². The van der Waals surface area contributed by atoms with Gasteiger partial charge in [-0.15, -0.1) is 0 Å². The molecule has 0 saturated carbocycles. The van der Waals surface area contributed by atoms with E-state index in [1.165, 1.54) is 0 Å². The molecule has 76 valence electrons. The molecule has 0 heterocycles. The van der Waals surface area contributed by atoms with E-state index in [4.69, 9.17) is 10.00 Å². The van der Waals surface area contributed by atoms with Crippen LogP contribution in [0.15, 0.2) is 0 Å². The highest BCUT2D eigenvalue weighted by atomic mass is 31.2. The third-order valence-electron chi connectivity index (χ3n) is 0.823. The second-order valence-electron chi connectivity index (χ2n) is 1.66. The van der Waals surface area contributed by atoms with Crippen LogP contribution in [0.1, 0.15) is 0 Å². The summed E-state index contributed by atoms with van der Waals surface area (Å²) in [5, 5.41) is 10.8. The molecule has 0 aliphatic heterocycles. The molecule has 0 bridgehead atoms. The average Bonchev–Trinajstić information content (AvgIpc) is 2.07. The first-order valence-electron chi connectivity index (χ1n) is 3.23. The van der Waals surface area contributed by atoms with E-state index in [-0.39, 0.29) is 6.61 Å². The van der Waals surface area contributed by atoms with Gasteiger partial charge in [-0.1, -0.05) is 0 Å². The van der Waals surface area contributed by atoms with E-state index >= 15 is 0 Å². The van der Waals surface area contributed by atoms with Crippen LogP contribution in [0.5, 0.6) is 0 Å². The van der Waals surface area contributed by atoms with Crippen LogP contribution in [-0.4, -0.2) is 44.4 Å². The van der Waals surface area contributed by atoms with Crippen molar-refractivity contribution in [2.45, 2.75) is 0 Å². The van der Waals surface area contributed by atoms with E-state index in [0.29, 0.717) is 6.54 Å². The molecular formula is C5H16NO5P. The second-order valence-corrected chi connectivity index (χ2v) is 3.33. The van der Waals surface area contributed by atoms with Gasteiger partial charge in [-0.05, 0) is 7.05 Å². The molecule has 0 radical (unpaired) electrons. The molecule has 6 nitrogen and oxygen atoms in total. The molecule has 0 aromatic rings. The SMILES string of the molecule is CNCCO.COP(=O)(O)OC. The number of hydrogen-bond donors (Lipinski definition) is 3. The number of rotatable bonds is 4. The summed E-state index contributed by atoms with van der Waals surface area (Å²) in [5.74, 6) is 0. The van der Waals surface area contributed by atoms with Crippen molar-refractivity contribution in [3.8, 4) is 0 Å². The van der Waals surface area contributed by atoms with Crippen LogP contribution in [0.25, 0.3) is 0 Å². The van der Waals surface area contributed by atoms with Crippen LogP contribution in [0.3, 0.4) is 0 Å². The maximum atomic E-state index is 10.1. The zero-order valence-corrected chi connectivity index (χ0v) is 8.38. The van der Waals surface area contributed by atoms with Crippen molar-refractivity contribution in [2.75, 3.05) is 34.4 Å². The van der Waals surface area contributed by atoms with Crippen LogP contribution in [0.4, 0.5) is 0 Å². The molecule has 0 atom stereocenters. The molecule has 0 aromatic carbocycles. The van der Waals surface area contributed by atoms with Gasteiger partial charge in [0.05, 0.1) is 6.61 Å². The molecule has 0 aliphatic carbocycles. The highest BCUT2D eigenvalue weighted by molar-refractivity contribution is 7.47. The van der Waals surface area contributed by atoms with Crippen LogP contribution in [0.2, 0.25) is 0 Å². The Labute approximate surface area is 72.1 Å². The van der Waals surface area contributed by atoms with Gasteiger partial charge in [0, 0.05) is 20.8 Å². The Morgan fingerprint density at radius 2 is 1.83 bits per heavy atom. The number of nitrogens with one attached hydrogen (secondary N) is 1. The van der Waals surface area contributed by atoms with E-state index in [9.17, 15) is 4.57 Å². The first-order valence-corrected chi connectivity index (χ1v) is 4.73. The maximum Gasteiger partial charge on any atom is 0.471 e. The first-order chi connectivity index (χ1) is 5.54. The van der Waals surface area contributed by atoms with Gasteiger partial charge in [0.2, 0.25) is 0 Å². The lowest BCUT2D eigenvalue weighted by Gasteiger charge is -2.01. The van der Waals surface area contributed by atoms with E-state index in [0.717, 1.165) is 14.2 Å². The predicted octanol–water partition coefficient (Wildman–Crippen LogP) is -0.422. The Morgan fingerprint density at radius 1 is 1.42 bits per heavy atom. The van der Waals surface area contributed by atoms with Crippen LogP contribution in [-0.2, 0) is 13.6 Å². The van der Waals surface area contributed by atoms with Gasteiger partial charge in [-0.25, -0.2) is 4.57 Å². The minimum atomic E-state index is -3.65. The van der Waals surface area contributed by atoms with Gasteiger partial charge in [0.1, 0.15) is 0 Å². The predicted molar refractivity (Wildman–Crippen MR) is 44.9 cm³/mol. The third-order valence-corrected chi connectivity index (χ3v) is 1.75. The summed E-state index contributed by atoms with van der Waals surface area (Å²) in [6, 6.07) is 0. The van der Waals surface area contributed by atoms with Crippen molar-refractivity contribution in [3.05, 3.63) is 0 Å². The molecule has 0 saturated heterocycles. The van der Waals surface area contributed by atoms with Gasteiger partial charge in [0.15, 0.2) is 0 Å². The van der Waals surface area contributed by atoms with Crippen molar-refractivity contribution in [1.82, 2.24) is 5.32 Å². The Balaban J connectivity index is 0. The monoisotopic (exact) mass is 201 g/mol. The topological polar surface area (TPSA) is 88.0 Å². The largest absolute Gasteiger partial charge is 0.471 e. The molecule has 3 N–H and O–H groups in total. The van der Waals surface area contributed by atoms with E-state index < -0.39 is 7.82 Å². The number of hydrogen-bond acceptors (Lipinski definition) is 5. The second kappa shape index (κ2) is 9.12. The molecule has 0 aliphatic rings. The molecule has 0 fully saturated rings. The summed E-state index contributed by atoms with van der Waals surface area (Å²) in [6.07, 6.45) is 0. The summed E-state index contributed by atoms with van der Waals surface area (Å²) in [4.78, 5) is 8.24. The zero-order chi connectivity index (χ0) is 10.0. The molecule has 12 heavy (non-hydrogen) atoms. The summed E-state index contributed by atoms with van der Waals surface area (Å²) in [7, 11) is 0.350. The highest BCUT2D eigenvalue weighted by Crippen LogP contribution is 2.40. The quantitative estimate of drug-likeness (QED) is 0.535. The summed E-state index contributed by atoms with van der Waals surface area (Å²) in [6.45, 7) is 0.927. The zero-order valence-electron chi connectivity index (χ0n) is 7.48. The average molecular weight is 201 g/mol. The number of phosphoric acid groups is 1. The Morgan fingerprint density at radius 3 is 1.83 bits per heavy atom. The minimum Gasteiger partial charge on any atom is -0.395 e. The lowest BCUT2D eigenvalue weighted by molar-refractivity contribution is 0.204. The van der Waals surface area contributed by atoms with Gasteiger partial charge >= 0.3 is 7.82 Å². The fraction of sp³-hybridized carbons (Fsp3) is 1.00. The van der Waals surface area contributed by atoms with Crippen LogP contribution < -0.4 is 5.32 Å². The van der Waals surface area contributed by atoms with Gasteiger partial charge < -0.3 is 15.3 Å². The smallest absolute Gasteiger partial charge is 0.395 e. The van der Waals surface area contributed by atoms with Crippen molar-refractivity contribution in [3.63, 3.8) is 0 Å². The van der Waals surface area contributed by atoms with Crippen LogP contribution in [0, 0.1) is 0 Å². The number of aliphatic hydroxyl groups is 1. The molecule has 0 amide bonds. The fourth-order valence-electron chi connectivity index (χ4n) is 0.186. The molecular weight excluding hydrogens is 185 g/mol. The number of likely N-dealkylation sites (N-methyl/N-ethyl adjacent to an activating group) is 1. The Kier molecular flexibility index (Phi) is 11.1. The van der Waals surface area contributed by atoms with Crippen LogP contribution >= 0.6 is 7.82 Å². The number of phosphoric ester groups is 1. The van der Waals surface area contributed by atoms with Crippen molar-refractivity contribution in [2.24, 2.45) is 0 Å². The highest BCUT2D eigenvalue weighted by Gasteiger charge is 2.13. The van der Waals surface area contributed by atoms with Gasteiger partial charge in [-0.3, -0.25) is 9.05 Å². The van der Waals surface area contributed by atoms with Gasteiger partial charge in [-0.2, -0.15) is 0 Å².